The first kappa shape index (κ1) is 8.54. The Kier molecular flexibility index (Phi) is 2.21. The minimum Gasteiger partial charge on any atom is -0.384 e. The van der Waals surface area contributed by atoms with Gasteiger partial charge in [-0.3, -0.25) is 4.98 Å². The molecule has 0 bridgehead atoms. The van der Waals surface area contributed by atoms with Crippen LogP contribution in [0.25, 0.3) is 0 Å². The van der Waals surface area contributed by atoms with E-state index in [0.717, 1.165) is 19.4 Å². The number of nitrogens with one attached hydrogen (secondary N) is 1. The van der Waals surface area contributed by atoms with Gasteiger partial charge in [0.25, 0.3) is 0 Å². The average Bonchev–Trinajstić information content (AvgIpc) is 2.17. The lowest BCUT2D eigenvalue weighted by Crippen LogP contribution is -2.14. The third kappa shape index (κ3) is 1.53. The van der Waals surface area contributed by atoms with Crippen molar-refractivity contribution in [2.45, 2.75) is 33.1 Å². The summed E-state index contributed by atoms with van der Waals surface area (Å²) < 4.78 is 0. The molecule has 1 aromatic rings. The summed E-state index contributed by atoms with van der Waals surface area (Å²) in [6.45, 7) is 5.38. The van der Waals surface area contributed by atoms with Crippen molar-refractivity contribution in [1.29, 1.82) is 0 Å². The van der Waals surface area contributed by atoms with E-state index >= 15 is 0 Å². The summed E-state index contributed by atoms with van der Waals surface area (Å²) >= 11 is 0. The van der Waals surface area contributed by atoms with Crippen LogP contribution in [0.4, 0.5) is 5.69 Å². The first-order valence-electron chi connectivity index (χ1n) is 5.04. The van der Waals surface area contributed by atoms with Crippen molar-refractivity contribution < 1.29 is 0 Å². The normalized spacial score (nSPS) is 14.9. The van der Waals surface area contributed by atoms with E-state index in [2.05, 4.69) is 30.2 Å². The molecule has 1 aliphatic rings. The smallest absolute Gasteiger partial charge is 0.0638 e. The predicted molar refractivity (Wildman–Crippen MR) is 55.2 cm³/mol. The van der Waals surface area contributed by atoms with Gasteiger partial charge in [-0.25, -0.2) is 0 Å². The Morgan fingerprint density at radius 2 is 2.38 bits per heavy atom. The Morgan fingerprint density at radius 3 is 3.15 bits per heavy atom. The number of hydrogen-bond donors (Lipinski definition) is 1. The van der Waals surface area contributed by atoms with E-state index in [0.29, 0.717) is 0 Å². The van der Waals surface area contributed by atoms with Crippen molar-refractivity contribution in [3.8, 4) is 0 Å². The van der Waals surface area contributed by atoms with Gasteiger partial charge in [0.15, 0.2) is 0 Å². The summed E-state index contributed by atoms with van der Waals surface area (Å²) in [7, 11) is 0. The molecule has 0 unspecified atom stereocenters. The quantitative estimate of drug-likeness (QED) is 0.710. The van der Waals surface area contributed by atoms with Crippen molar-refractivity contribution in [3.05, 3.63) is 23.0 Å². The highest BCUT2D eigenvalue weighted by Crippen LogP contribution is 2.22. The molecule has 2 nitrogen and oxygen atoms in total. The zero-order valence-electron chi connectivity index (χ0n) is 8.35. The summed E-state index contributed by atoms with van der Waals surface area (Å²) in [5, 5.41) is 3.40. The number of fused-ring (bicyclic) bond motifs is 1. The van der Waals surface area contributed by atoms with Crippen LogP contribution in [-0.2, 0) is 12.8 Å². The fourth-order valence-corrected chi connectivity index (χ4v) is 1.88. The van der Waals surface area contributed by atoms with E-state index in [1.807, 2.05) is 0 Å². The molecule has 0 fully saturated rings. The average molecular weight is 176 g/mol. The molecule has 70 valence electrons. The fraction of sp³-hybridized carbons (Fsp3) is 0.545. The molecule has 0 atom stereocenters. The minimum absolute atomic E-state index is 1.08. The molecule has 1 aliphatic heterocycles. The van der Waals surface area contributed by atoms with Crippen molar-refractivity contribution >= 4 is 5.69 Å². The standard InChI is InChI=1S/C11H16N2/c1-3-9-7-11-10(13-8(9)2)5-4-6-12-11/h7,12H,3-6H2,1-2H3. The van der Waals surface area contributed by atoms with Gasteiger partial charge in [0.2, 0.25) is 0 Å². The van der Waals surface area contributed by atoms with Crippen molar-refractivity contribution in [1.82, 2.24) is 4.98 Å². The van der Waals surface area contributed by atoms with Gasteiger partial charge in [0, 0.05) is 12.2 Å². The van der Waals surface area contributed by atoms with Crippen LogP contribution in [0.5, 0.6) is 0 Å². The van der Waals surface area contributed by atoms with Gasteiger partial charge in [-0.05, 0) is 37.8 Å². The van der Waals surface area contributed by atoms with Crippen LogP contribution in [0, 0.1) is 6.92 Å². The lowest BCUT2D eigenvalue weighted by Gasteiger charge is -2.18. The predicted octanol–water partition coefficient (Wildman–Crippen LogP) is 2.31. The molecular weight excluding hydrogens is 160 g/mol. The molecule has 2 rings (SSSR count). The third-order valence-electron chi connectivity index (χ3n) is 2.68. The molecule has 2 heterocycles. The van der Waals surface area contributed by atoms with Gasteiger partial charge in [-0.15, -0.1) is 0 Å². The van der Waals surface area contributed by atoms with E-state index in [-0.39, 0.29) is 0 Å². The number of nitrogens with zero attached hydrogens (tertiary/aromatic N) is 1. The van der Waals surface area contributed by atoms with E-state index in [1.165, 1.54) is 29.1 Å². The van der Waals surface area contributed by atoms with E-state index in [4.69, 9.17) is 0 Å². The van der Waals surface area contributed by atoms with Gasteiger partial charge in [0.1, 0.15) is 0 Å². The molecule has 0 saturated heterocycles. The summed E-state index contributed by atoms with van der Waals surface area (Å²) in [5.41, 5.74) is 5.08. The van der Waals surface area contributed by atoms with Crippen LogP contribution < -0.4 is 5.32 Å². The monoisotopic (exact) mass is 176 g/mol. The Bertz CT molecular complexity index is 318. The topological polar surface area (TPSA) is 24.9 Å². The number of rotatable bonds is 1. The minimum atomic E-state index is 1.08. The zero-order chi connectivity index (χ0) is 9.26. The maximum absolute atomic E-state index is 4.62. The summed E-state index contributed by atoms with van der Waals surface area (Å²) in [6, 6.07) is 2.26. The second-order valence-electron chi connectivity index (χ2n) is 3.61. The summed E-state index contributed by atoms with van der Waals surface area (Å²) in [5.74, 6) is 0. The van der Waals surface area contributed by atoms with E-state index in [1.54, 1.807) is 0 Å². The number of pyridine rings is 1. The molecule has 1 aromatic heterocycles. The summed E-state index contributed by atoms with van der Waals surface area (Å²) in [6.07, 6.45) is 3.42. The van der Waals surface area contributed by atoms with Gasteiger partial charge in [-0.2, -0.15) is 0 Å². The lowest BCUT2D eigenvalue weighted by molar-refractivity contribution is 0.792. The van der Waals surface area contributed by atoms with Crippen LogP contribution in [0.3, 0.4) is 0 Å². The zero-order valence-corrected chi connectivity index (χ0v) is 8.35. The van der Waals surface area contributed by atoms with Crippen molar-refractivity contribution in [2.75, 3.05) is 11.9 Å². The number of hydrogen-bond acceptors (Lipinski definition) is 2. The highest BCUT2D eigenvalue weighted by Gasteiger charge is 2.11. The molecule has 0 radical (unpaired) electrons. The SMILES string of the molecule is CCc1cc2c(nc1C)CCCN2. The molecule has 1 N–H and O–H groups in total. The maximum Gasteiger partial charge on any atom is 0.0638 e. The van der Waals surface area contributed by atoms with Gasteiger partial charge < -0.3 is 5.32 Å². The number of anilines is 1. The van der Waals surface area contributed by atoms with Crippen LogP contribution >= 0.6 is 0 Å². The molecule has 0 spiro atoms. The Balaban J connectivity index is 2.44. The fourth-order valence-electron chi connectivity index (χ4n) is 1.88. The second-order valence-corrected chi connectivity index (χ2v) is 3.61. The van der Waals surface area contributed by atoms with Crippen LogP contribution in [-0.4, -0.2) is 11.5 Å². The highest BCUT2D eigenvalue weighted by molar-refractivity contribution is 5.52. The van der Waals surface area contributed by atoms with Crippen LogP contribution in [0.15, 0.2) is 6.07 Å². The maximum atomic E-state index is 4.62. The first-order valence-corrected chi connectivity index (χ1v) is 5.04. The van der Waals surface area contributed by atoms with Crippen LogP contribution in [0.1, 0.15) is 30.3 Å². The molecule has 2 heteroatoms. The van der Waals surface area contributed by atoms with Crippen LogP contribution in [0.2, 0.25) is 0 Å². The lowest BCUT2D eigenvalue weighted by atomic mass is 10.0. The van der Waals surface area contributed by atoms with Crippen molar-refractivity contribution in [2.24, 2.45) is 0 Å². The summed E-state index contributed by atoms with van der Waals surface area (Å²) in [4.78, 5) is 4.62. The molecule has 0 saturated carbocycles. The third-order valence-corrected chi connectivity index (χ3v) is 2.68. The molecular formula is C11H16N2. The largest absolute Gasteiger partial charge is 0.384 e. The van der Waals surface area contributed by atoms with Crippen molar-refractivity contribution in [3.63, 3.8) is 0 Å². The molecule has 0 amide bonds. The first-order chi connectivity index (χ1) is 6.31. The molecule has 0 aromatic carbocycles. The Morgan fingerprint density at radius 1 is 1.54 bits per heavy atom. The molecule has 0 aliphatic carbocycles. The number of aryl methyl sites for hydroxylation is 3. The molecule has 13 heavy (non-hydrogen) atoms. The van der Waals surface area contributed by atoms with E-state index in [9.17, 15) is 0 Å². The number of aromatic nitrogens is 1. The van der Waals surface area contributed by atoms with Gasteiger partial charge in [-0.1, -0.05) is 6.92 Å². The Hall–Kier alpha value is -1.05. The van der Waals surface area contributed by atoms with Gasteiger partial charge >= 0.3 is 0 Å². The second kappa shape index (κ2) is 3.36. The Labute approximate surface area is 79.4 Å². The highest BCUT2D eigenvalue weighted by atomic mass is 14.9. The van der Waals surface area contributed by atoms with Gasteiger partial charge in [0.05, 0.1) is 11.4 Å². The van der Waals surface area contributed by atoms with E-state index < -0.39 is 0 Å².